The predicted octanol–water partition coefficient (Wildman–Crippen LogP) is 1.58. The van der Waals surface area contributed by atoms with Crippen molar-refractivity contribution in [2.75, 3.05) is 29.5 Å². The Morgan fingerprint density at radius 3 is 2.57 bits per heavy atom. The summed E-state index contributed by atoms with van der Waals surface area (Å²) >= 11 is 0. The molecule has 5 nitrogen and oxygen atoms in total. The minimum Gasteiger partial charge on any atom is -0.372 e. The molecule has 0 bridgehead atoms. The standard InChI is InChI=1S/C17H26N2O3S/c1-13-10-19(11-14(2)22-13)17-6-4-3-5-15(17)9-18-16-7-8-23(20,21)12-16/h3-6,13-14,16,18H,7-12H2,1-2H3/t13-,14-,16-/m1/s1. The highest BCUT2D eigenvalue weighted by molar-refractivity contribution is 7.91. The molecule has 3 rings (SSSR count). The predicted molar refractivity (Wildman–Crippen MR) is 92.6 cm³/mol. The summed E-state index contributed by atoms with van der Waals surface area (Å²) in [6.07, 6.45) is 1.16. The molecular weight excluding hydrogens is 312 g/mol. The summed E-state index contributed by atoms with van der Waals surface area (Å²) in [4.78, 5) is 2.38. The number of hydrogen-bond donors (Lipinski definition) is 1. The average Bonchev–Trinajstić information content (AvgIpc) is 2.84. The summed E-state index contributed by atoms with van der Waals surface area (Å²) in [5.74, 6) is 0.575. The molecule has 2 fully saturated rings. The van der Waals surface area contributed by atoms with E-state index in [0.717, 1.165) is 19.5 Å². The van der Waals surface area contributed by atoms with Gasteiger partial charge in [0.1, 0.15) is 0 Å². The lowest BCUT2D eigenvalue weighted by Crippen LogP contribution is -2.46. The van der Waals surface area contributed by atoms with Crippen molar-refractivity contribution in [2.24, 2.45) is 0 Å². The minimum atomic E-state index is -2.83. The van der Waals surface area contributed by atoms with Crippen molar-refractivity contribution in [1.82, 2.24) is 5.32 Å². The number of para-hydroxylation sites is 1. The molecule has 0 radical (unpaired) electrons. The van der Waals surface area contributed by atoms with E-state index in [1.807, 2.05) is 6.07 Å². The number of sulfone groups is 1. The van der Waals surface area contributed by atoms with Crippen LogP contribution >= 0.6 is 0 Å². The smallest absolute Gasteiger partial charge is 0.151 e. The van der Waals surface area contributed by atoms with Crippen LogP contribution in [0, 0.1) is 0 Å². The van der Waals surface area contributed by atoms with Gasteiger partial charge in [0.05, 0.1) is 23.7 Å². The first-order valence-electron chi connectivity index (χ1n) is 8.35. The fraction of sp³-hybridized carbons (Fsp3) is 0.647. The summed E-state index contributed by atoms with van der Waals surface area (Å²) in [7, 11) is -2.83. The van der Waals surface area contributed by atoms with Crippen molar-refractivity contribution in [2.45, 2.75) is 45.1 Å². The largest absolute Gasteiger partial charge is 0.372 e. The Bertz CT molecular complexity index is 637. The number of rotatable bonds is 4. The molecule has 3 atom stereocenters. The van der Waals surface area contributed by atoms with E-state index in [4.69, 9.17) is 4.74 Å². The van der Waals surface area contributed by atoms with Crippen molar-refractivity contribution < 1.29 is 13.2 Å². The molecule has 2 aliphatic heterocycles. The second-order valence-electron chi connectivity index (χ2n) is 6.77. The number of morpholine rings is 1. The van der Waals surface area contributed by atoms with E-state index in [-0.39, 0.29) is 24.0 Å². The highest BCUT2D eigenvalue weighted by Crippen LogP contribution is 2.25. The van der Waals surface area contributed by atoms with Gasteiger partial charge in [-0.05, 0) is 31.9 Å². The maximum atomic E-state index is 11.6. The van der Waals surface area contributed by atoms with Crippen molar-refractivity contribution >= 4 is 15.5 Å². The van der Waals surface area contributed by atoms with Crippen molar-refractivity contribution in [3.63, 3.8) is 0 Å². The minimum absolute atomic E-state index is 0.0793. The van der Waals surface area contributed by atoms with E-state index < -0.39 is 9.84 Å². The first-order chi connectivity index (χ1) is 10.9. The van der Waals surface area contributed by atoms with Crippen LogP contribution in [-0.4, -0.2) is 51.3 Å². The number of nitrogens with zero attached hydrogens (tertiary/aromatic N) is 1. The lowest BCUT2D eigenvalue weighted by atomic mass is 10.1. The van der Waals surface area contributed by atoms with E-state index in [1.165, 1.54) is 11.3 Å². The quantitative estimate of drug-likeness (QED) is 0.903. The molecule has 1 aromatic rings. The molecule has 1 N–H and O–H groups in total. The Labute approximate surface area is 138 Å². The number of ether oxygens (including phenoxy) is 1. The zero-order chi connectivity index (χ0) is 16.4. The monoisotopic (exact) mass is 338 g/mol. The Hall–Kier alpha value is -1.11. The van der Waals surface area contributed by atoms with Gasteiger partial charge in [-0.1, -0.05) is 18.2 Å². The van der Waals surface area contributed by atoms with Gasteiger partial charge in [0.2, 0.25) is 0 Å². The third-order valence-corrected chi connectivity index (χ3v) is 6.33. The Kier molecular flexibility index (Phi) is 4.94. The Morgan fingerprint density at radius 1 is 1.22 bits per heavy atom. The molecule has 0 aliphatic carbocycles. The Balaban J connectivity index is 1.68. The van der Waals surface area contributed by atoms with Gasteiger partial charge in [-0.25, -0.2) is 8.42 Å². The third kappa shape index (κ3) is 4.25. The van der Waals surface area contributed by atoms with Gasteiger partial charge in [0, 0.05) is 31.4 Å². The normalized spacial score (nSPS) is 30.5. The fourth-order valence-corrected chi connectivity index (χ4v) is 5.26. The average molecular weight is 338 g/mol. The zero-order valence-electron chi connectivity index (χ0n) is 13.9. The lowest BCUT2D eigenvalue weighted by Gasteiger charge is -2.38. The van der Waals surface area contributed by atoms with Crippen LogP contribution in [0.4, 0.5) is 5.69 Å². The van der Waals surface area contributed by atoms with Gasteiger partial charge >= 0.3 is 0 Å². The molecule has 2 aliphatic rings. The van der Waals surface area contributed by atoms with Crippen LogP contribution in [0.1, 0.15) is 25.8 Å². The molecule has 0 aromatic heterocycles. The van der Waals surface area contributed by atoms with Crippen LogP contribution in [0.15, 0.2) is 24.3 Å². The van der Waals surface area contributed by atoms with Crippen LogP contribution in [0.25, 0.3) is 0 Å². The Morgan fingerprint density at radius 2 is 1.91 bits per heavy atom. The summed E-state index contributed by atoms with van der Waals surface area (Å²) < 4.78 is 29.0. The van der Waals surface area contributed by atoms with Crippen LogP contribution in [0.2, 0.25) is 0 Å². The maximum Gasteiger partial charge on any atom is 0.151 e. The fourth-order valence-electron chi connectivity index (χ4n) is 3.55. The summed E-state index contributed by atoms with van der Waals surface area (Å²) in [5, 5.41) is 3.42. The van der Waals surface area contributed by atoms with Crippen LogP contribution in [-0.2, 0) is 21.1 Å². The van der Waals surface area contributed by atoms with E-state index in [0.29, 0.717) is 12.3 Å². The van der Waals surface area contributed by atoms with Gasteiger partial charge in [-0.15, -0.1) is 0 Å². The van der Waals surface area contributed by atoms with E-state index in [9.17, 15) is 8.42 Å². The van der Waals surface area contributed by atoms with Gasteiger partial charge in [-0.3, -0.25) is 0 Å². The molecule has 0 spiro atoms. The molecular formula is C17H26N2O3S. The van der Waals surface area contributed by atoms with Gasteiger partial charge in [-0.2, -0.15) is 0 Å². The molecule has 0 amide bonds. The lowest BCUT2D eigenvalue weighted by molar-refractivity contribution is -0.00526. The number of benzene rings is 1. The van der Waals surface area contributed by atoms with E-state index >= 15 is 0 Å². The van der Waals surface area contributed by atoms with Gasteiger partial charge < -0.3 is 15.0 Å². The molecule has 2 heterocycles. The molecule has 23 heavy (non-hydrogen) atoms. The second kappa shape index (κ2) is 6.79. The van der Waals surface area contributed by atoms with E-state index in [1.54, 1.807) is 0 Å². The van der Waals surface area contributed by atoms with Gasteiger partial charge in [0.25, 0.3) is 0 Å². The van der Waals surface area contributed by atoms with Crippen LogP contribution in [0.3, 0.4) is 0 Å². The first kappa shape index (κ1) is 16.7. The van der Waals surface area contributed by atoms with Crippen molar-refractivity contribution in [3.8, 4) is 0 Å². The molecule has 6 heteroatoms. The maximum absolute atomic E-state index is 11.6. The summed E-state index contributed by atoms with van der Waals surface area (Å²) in [6.45, 7) is 6.69. The molecule has 2 saturated heterocycles. The number of hydrogen-bond acceptors (Lipinski definition) is 5. The first-order valence-corrected chi connectivity index (χ1v) is 10.2. The molecule has 0 unspecified atom stereocenters. The number of nitrogens with one attached hydrogen (secondary N) is 1. The third-order valence-electron chi connectivity index (χ3n) is 4.57. The highest BCUT2D eigenvalue weighted by Gasteiger charge is 2.28. The topological polar surface area (TPSA) is 58.6 Å². The van der Waals surface area contributed by atoms with Crippen molar-refractivity contribution in [1.29, 1.82) is 0 Å². The molecule has 0 saturated carbocycles. The summed E-state index contributed by atoms with van der Waals surface area (Å²) in [6, 6.07) is 8.45. The SMILES string of the molecule is C[C@@H]1CN(c2ccccc2CN[C@@H]2CCS(=O)(=O)C2)C[C@@H](C)O1. The van der Waals surface area contributed by atoms with Crippen molar-refractivity contribution in [3.05, 3.63) is 29.8 Å². The molecule has 128 valence electrons. The van der Waals surface area contributed by atoms with Crippen LogP contribution < -0.4 is 10.2 Å². The number of anilines is 1. The van der Waals surface area contributed by atoms with Gasteiger partial charge in [0.15, 0.2) is 9.84 Å². The highest BCUT2D eigenvalue weighted by atomic mass is 32.2. The molecule has 1 aromatic carbocycles. The van der Waals surface area contributed by atoms with Crippen LogP contribution in [0.5, 0.6) is 0 Å². The second-order valence-corrected chi connectivity index (χ2v) is 9.00. The summed E-state index contributed by atoms with van der Waals surface area (Å²) in [5.41, 5.74) is 2.45. The van der Waals surface area contributed by atoms with E-state index in [2.05, 4.69) is 42.3 Å². The zero-order valence-corrected chi connectivity index (χ0v) is 14.7.